The van der Waals surface area contributed by atoms with Crippen LogP contribution in [-0.2, 0) is 57.2 Å². The number of hydrogen-bond acceptors (Lipinski definition) is 12. The standard InChI is InChI=1S/C37H42O12S4/c1-26-5-13-32(14-6-26)50(38,39)46-22-30-21-31(23-47-51(40,41)33-15-7-27(2)8-16-33)37(25-49-53(44,45)35-19-11-29(4)12-20-35)36(30)24-48-52(42,43)34-17-9-28(3)10-18-34/h5-20,30-31,36-37H,21-25H2,1-4H3/t30-,31?,36+,37-/m1/s1. The Hall–Kier alpha value is -3.48. The predicted octanol–water partition coefficient (Wildman–Crippen LogP) is 5.71. The lowest BCUT2D eigenvalue weighted by Gasteiger charge is -2.26. The molecule has 53 heavy (non-hydrogen) atoms. The summed E-state index contributed by atoms with van der Waals surface area (Å²) in [6.45, 7) is 5.25. The van der Waals surface area contributed by atoms with Gasteiger partial charge in [0.05, 0.1) is 46.0 Å². The van der Waals surface area contributed by atoms with Crippen LogP contribution < -0.4 is 0 Å². The van der Waals surface area contributed by atoms with E-state index in [1.165, 1.54) is 48.5 Å². The van der Waals surface area contributed by atoms with Crippen LogP contribution in [0.1, 0.15) is 28.7 Å². The monoisotopic (exact) mass is 806 g/mol. The Labute approximate surface area is 312 Å². The average molecular weight is 807 g/mol. The fourth-order valence-corrected chi connectivity index (χ4v) is 9.92. The predicted molar refractivity (Wildman–Crippen MR) is 196 cm³/mol. The number of aryl methyl sites for hydroxylation is 4. The molecular weight excluding hydrogens is 765 g/mol. The van der Waals surface area contributed by atoms with Crippen molar-refractivity contribution in [3.05, 3.63) is 119 Å². The first kappa shape index (κ1) is 40.7. The molecule has 286 valence electrons. The molecule has 1 aliphatic carbocycles. The van der Waals surface area contributed by atoms with Gasteiger partial charge in [0.2, 0.25) is 0 Å². The summed E-state index contributed by atoms with van der Waals surface area (Å²) in [5.41, 5.74) is 3.31. The van der Waals surface area contributed by atoms with Crippen LogP contribution in [-0.4, -0.2) is 60.1 Å². The fraction of sp³-hybridized carbons (Fsp3) is 0.351. The molecule has 4 atom stereocenters. The molecule has 1 unspecified atom stereocenters. The Bertz CT molecular complexity index is 2140. The summed E-state index contributed by atoms with van der Waals surface area (Å²) in [6, 6.07) is 24.0. The van der Waals surface area contributed by atoms with Gasteiger partial charge in [0.1, 0.15) is 0 Å². The van der Waals surface area contributed by atoms with E-state index in [9.17, 15) is 33.7 Å². The van der Waals surface area contributed by atoms with Crippen molar-refractivity contribution in [2.45, 2.75) is 53.7 Å². The first-order valence-electron chi connectivity index (χ1n) is 16.7. The maximum atomic E-state index is 13.3. The van der Waals surface area contributed by atoms with Crippen molar-refractivity contribution >= 4 is 40.5 Å². The second kappa shape index (κ2) is 16.5. The Balaban J connectivity index is 1.47. The van der Waals surface area contributed by atoms with E-state index in [1.54, 1.807) is 76.2 Å². The van der Waals surface area contributed by atoms with Crippen molar-refractivity contribution in [1.82, 2.24) is 0 Å². The van der Waals surface area contributed by atoms with Crippen molar-refractivity contribution in [3.8, 4) is 0 Å². The third-order valence-corrected chi connectivity index (χ3v) is 14.5. The van der Waals surface area contributed by atoms with Gasteiger partial charge >= 0.3 is 0 Å². The van der Waals surface area contributed by atoms with Crippen LogP contribution in [0.2, 0.25) is 0 Å². The van der Waals surface area contributed by atoms with Crippen molar-refractivity contribution in [1.29, 1.82) is 0 Å². The topological polar surface area (TPSA) is 173 Å². The highest BCUT2D eigenvalue weighted by Crippen LogP contribution is 2.44. The van der Waals surface area contributed by atoms with E-state index >= 15 is 0 Å². The molecule has 1 saturated carbocycles. The van der Waals surface area contributed by atoms with Gasteiger partial charge in [0.15, 0.2) is 0 Å². The Morgan fingerprint density at radius 1 is 0.377 bits per heavy atom. The molecule has 1 aliphatic rings. The molecule has 0 aliphatic heterocycles. The summed E-state index contributed by atoms with van der Waals surface area (Å²) < 4.78 is 128. The third-order valence-electron chi connectivity index (χ3n) is 9.31. The zero-order valence-electron chi connectivity index (χ0n) is 29.6. The lowest BCUT2D eigenvalue weighted by molar-refractivity contribution is 0.101. The van der Waals surface area contributed by atoms with Crippen LogP contribution in [0.5, 0.6) is 0 Å². The summed E-state index contributed by atoms with van der Waals surface area (Å²) in [4.78, 5) is -0.419. The molecular formula is C37H42O12S4. The van der Waals surface area contributed by atoms with Gasteiger partial charge in [-0.2, -0.15) is 33.7 Å². The average Bonchev–Trinajstić information content (AvgIpc) is 3.45. The van der Waals surface area contributed by atoms with E-state index in [1.807, 2.05) is 0 Å². The van der Waals surface area contributed by atoms with Gasteiger partial charge in [-0.05, 0) is 106 Å². The van der Waals surface area contributed by atoms with E-state index in [2.05, 4.69) is 0 Å². The van der Waals surface area contributed by atoms with Crippen LogP contribution >= 0.6 is 0 Å². The molecule has 0 bridgehead atoms. The van der Waals surface area contributed by atoms with Crippen LogP contribution in [0.4, 0.5) is 0 Å². The molecule has 0 spiro atoms. The molecule has 16 heteroatoms. The van der Waals surface area contributed by atoms with Crippen LogP contribution in [0.25, 0.3) is 0 Å². The van der Waals surface area contributed by atoms with Gasteiger partial charge in [0, 0.05) is 0 Å². The number of hydrogen-bond donors (Lipinski definition) is 0. The summed E-state index contributed by atoms with van der Waals surface area (Å²) in [6.07, 6.45) is 0.0596. The van der Waals surface area contributed by atoms with E-state index in [0.29, 0.717) is 0 Å². The number of rotatable bonds is 16. The second-order valence-electron chi connectivity index (χ2n) is 13.3. The SMILES string of the molecule is Cc1ccc(S(=O)(=O)OCC2C[C@H](COS(=O)(=O)c3ccc(C)cc3)[C@H](COS(=O)(=O)c3ccc(C)cc3)[C@@H]2COS(=O)(=O)c2ccc(C)cc2)cc1. The minimum Gasteiger partial charge on any atom is -0.266 e. The zero-order valence-corrected chi connectivity index (χ0v) is 32.9. The van der Waals surface area contributed by atoms with Crippen molar-refractivity contribution in [2.75, 3.05) is 26.4 Å². The van der Waals surface area contributed by atoms with Crippen LogP contribution in [0, 0.1) is 51.4 Å². The van der Waals surface area contributed by atoms with Gasteiger partial charge in [-0.25, -0.2) is 0 Å². The molecule has 5 rings (SSSR count). The summed E-state index contributed by atoms with van der Waals surface area (Å²) in [5, 5.41) is 0. The van der Waals surface area contributed by atoms with Gasteiger partial charge in [-0.1, -0.05) is 70.8 Å². The van der Waals surface area contributed by atoms with E-state index in [0.717, 1.165) is 22.3 Å². The molecule has 0 aromatic heterocycles. The van der Waals surface area contributed by atoms with E-state index in [4.69, 9.17) is 16.7 Å². The summed E-state index contributed by atoms with van der Waals surface area (Å²) >= 11 is 0. The molecule has 0 heterocycles. The molecule has 0 saturated heterocycles. The molecule has 4 aromatic rings. The zero-order chi connectivity index (χ0) is 38.6. The van der Waals surface area contributed by atoms with Gasteiger partial charge in [-0.3, -0.25) is 16.7 Å². The lowest BCUT2D eigenvalue weighted by Crippen LogP contribution is -2.32. The molecule has 12 nitrogen and oxygen atoms in total. The number of benzene rings is 4. The molecule has 0 radical (unpaired) electrons. The summed E-state index contributed by atoms with van der Waals surface area (Å²) in [7, 11) is -17.2. The van der Waals surface area contributed by atoms with Crippen molar-refractivity contribution in [2.24, 2.45) is 23.7 Å². The molecule has 4 aromatic carbocycles. The maximum absolute atomic E-state index is 13.3. The van der Waals surface area contributed by atoms with Gasteiger partial charge in [-0.15, -0.1) is 0 Å². The largest absolute Gasteiger partial charge is 0.296 e. The molecule has 1 fully saturated rings. The smallest absolute Gasteiger partial charge is 0.266 e. The van der Waals surface area contributed by atoms with Crippen LogP contribution in [0.3, 0.4) is 0 Å². The minimum atomic E-state index is -4.33. The molecule has 0 N–H and O–H groups in total. The highest BCUT2D eigenvalue weighted by molar-refractivity contribution is 7.87. The maximum Gasteiger partial charge on any atom is 0.296 e. The minimum absolute atomic E-state index is 0.0596. The fourth-order valence-electron chi connectivity index (χ4n) is 6.12. The second-order valence-corrected chi connectivity index (χ2v) is 19.8. The van der Waals surface area contributed by atoms with Crippen molar-refractivity contribution in [3.63, 3.8) is 0 Å². The Morgan fingerprint density at radius 2 is 0.585 bits per heavy atom. The first-order chi connectivity index (χ1) is 24.9. The quantitative estimate of drug-likeness (QED) is 0.126. The Kier molecular flexibility index (Phi) is 12.7. The normalized spacial score (nSPS) is 19.7. The Morgan fingerprint density at radius 3 is 0.811 bits per heavy atom. The first-order valence-corrected chi connectivity index (χ1v) is 22.3. The lowest BCUT2D eigenvalue weighted by atomic mass is 9.88. The van der Waals surface area contributed by atoms with Gasteiger partial charge in [0.25, 0.3) is 40.5 Å². The van der Waals surface area contributed by atoms with E-state index < -0.39 is 90.6 Å². The van der Waals surface area contributed by atoms with Gasteiger partial charge < -0.3 is 0 Å². The highest BCUT2D eigenvalue weighted by atomic mass is 32.2. The third kappa shape index (κ3) is 10.4. The van der Waals surface area contributed by atoms with Crippen LogP contribution in [0.15, 0.2) is 117 Å². The van der Waals surface area contributed by atoms with Crippen molar-refractivity contribution < 1.29 is 50.4 Å². The van der Waals surface area contributed by atoms with E-state index in [-0.39, 0.29) is 26.0 Å². The summed E-state index contributed by atoms with van der Waals surface area (Å²) in [5.74, 6) is -3.33. The highest BCUT2D eigenvalue weighted by Gasteiger charge is 2.46. The molecule has 0 amide bonds.